The molecule has 0 aliphatic rings. The van der Waals surface area contributed by atoms with Gasteiger partial charge in [0.05, 0.1) is 10.6 Å². The average molecular weight is 667 g/mol. The van der Waals surface area contributed by atoms with Crippen molar-refractivity contribution in [3.63, 3.8) is 0 Å². The van der Waals surface area contributed by atoms with Crippen molar-refractivity contribution < 1.29 is 18.0 Å². The highest BCUT2D eigenvalue weighted by molar-refractivity contribution is 7.92. The highest BCUT2D eigenvalue weighted by Gasteiger charge is 2.35. The monoisotopic (exact) mass is 665 g/mol. The summed E-state index contributed by atoms with van der Waals surface area (Å²) >= 11 is 12.6. The van der Waals surface area contributed by atoms with Crippen LogP contribution < -0.4 is 9.62 Å². The van der Waals surface area contributed by atoms with E-state index in [1.54, 1.807) is 18.2 Å². The van der Waals surface area contributed by atoms with Crippen LogP contribution in [0.1, 0.15) is 37.0 Å². The van der Waals surface area contributed by atoms with Gasteiger partial charge in [0, 0.05) is 29.1 Å². The lowest BCUT2D eigenvalue weighted by Crippen LogP contribution is -2.54. The predicted molar refractivity (Wildman–Crippen MR) is 181 cm³/mol. The number of hydrogen-bond acceptors (Lipinski definition) is 4. The third-order valence-corrected chi connectivity index (χ3v) is 9.84. The fourth-order valence-electron chi connectivity index (χ4n) is 4.90. The van der Waals surface area contributed by atoms with Crippen molar-refractivity contribution in [1.82, 2.24) is 10.2 Å². The van der Waals surface area contributed by atoms with Gasteiger partial charge in [0.1, 0.15) is 12.6 Å². The molecular weight excluding hydrogens is 629 g/mol. The molecule has 10 heteroatoms. The molecule has 45 heavy (non-hydrogen) atoms. The maximum atomic E-state index is 14.6. The Morgan fingerprint density at radius 2 is 1.42 bits per heavy atom. The van der Waals surface area contributed by atoms with E-state index in [9.17, 15) is 18.0 Å². The van der Waals surface area contributed by atoms with Crippen LogP contribution in [0.25, 0.3) is 0 Å². The van der Waals surface area contributed by atoms with Gasteiger partial charge in [-0.3, -0.25) is 13.9 Å². The van der Waals surface area contributed by atoms with Crippen molar-refractivity contribution in [3.05, 3.63) is 130 Å². The first-order valence-corrected chi connectivity index (χ1v) is 16.9. The van der Waals surface area contributed by atoms with Gasteiger partial charge in [-0.05, 0) is 67.3 Å². The van der Waals surface area contributed by atoms with Crippen molar-refractivity contribution in [2.45, 2.75) is 57.1 Å². The van der Waals surface area contributed by atoms with E-state index in [0.717, 1.165) is 21.0 Å². The number of carbonyl (C=O) groups is 2. The molecule has 0 bridgehead atoms. The predicted octanol–water partition coefficient (Wildman–Crippen LogP) is 7.05. The Hall–Kier alpha value is -3.85. The summed E-state index contributed by atoms with van der Waals surface area (Å²) in [6, 6.07) is 28.2. The molecule has 0 fully saturated rings. The summed E-state index contributed by atoms with van der Waals surface area (Å²) in [6.45, 7) is 5.30. The van der Waals surface area contributed by atoms with E-state index in [1.165, 1.54) is 35.2 Å². The van der Waals surface area contributed by atoms with Crippen LogP contribution in [0.4, 0.5) is 5.69 Å². The van der Waals surface area contributed by atoms with Crippen molar-refractivity contribution in [3.8, 4) is 0 Å². The molecule has 0 aromatic heterocycles. The molecule has 0 spiro atoms. The van der Waals surface area contributed by atoms with Crippen LogP contribution in [0.3, 0.4) is 0 Å². The molecular formula is C35H37Cl2N3O4S. The van der Waals surface area contributed by atoms with Crippen LogP contribution in [0.5, 0.6) is 0 Å². The summed E-state index contributed by atoms with van der Waals surface area (Å²) in [4.78, 5) is 30.0. The Bertz CT molecular complexity index is 1700. The Kier molecular flexibility index (Phi) is 11.7. The largest absolute Gasteiger partial charge is 0.352 e. The minimum atomic E-state index is -4.26. The molecule has 4 rings (SSSR count). The highest BCUT2D eigenvalue weighted by Crippen LogP contribution is 2.30. The summed E-state index contributed by atoms with van der Waals surface area (Å²) in [6.07, 6.45) is 0.934. The van der Waals surface area contributed by atoms with E-state index in [-0.39, 0.29) is 45.5 Å². The van der Waals surface area contributed by atoms with Gasteiger partial charge in [-0.2, -0.15) is 0 Å². The molecule has 0 heterocycles. The van der Waals surface area contributed by atoms with Gasteiger partial charge in [-0.1, -0.05) is 103 Å². The van der Waals surface area contributed by atoms with Crippen molar-refractivity contribution in [1.29, 1.82) is 0 Å². The SMILES string of the molecule is CC[C@H](C)NC(=O)[C@@H](Cc1ccccc1)N(Cc1ccccc1C)C(=O)CN(c1cc(Cl)cc(Cl)c1)S(=O)(=O)c1ccccc1. The minimum absolute atomic E-state index is 0.00491. The second-order valence-corrected chi connectivity index (χ2v) is 13.7. The molecule has 4 aromatic rings. The van der Waals surface area contributed by atoms with Gasteiger partial charge in [0.2, 0.25) is 11.8 Å². The Morgan fingerprint density at radius 3 is 2.02 bits per heavy atom. The summed E-state index contributed by atoms with van der Waals surface area (Å²) in [5.74, 6) is -0.882. The Labute approximate surface area is 275 Å². The van der Waals surface area contributed by atoms with Gasteiger partial charge < -0.3 is 10.2 Å². The Balaban J connectivity index is 1.83. The van der Waals surface area contributed by atoms with Crippen LogP contribution in [-0.2, 0) is 32.6 Å². The molecule has 2 amide bonds. The van der Waals surface area contributed by atoms with E-state index in [4.69, 9.17) is 23.2 Å². The number of carbonyl (C=O) groups excluding carboxylic acids is 2. The van der Waals surface area contributed by atoms with Gasteiger partial charge >= 0.3 is 0 Å². The van der Waals surface area contributed by atoms with E-state index >= 15 is 0 Å². The number of aryl methyl sites for hydroxylation is 1. The third-order valence-electron chi connectivity index (χ3n) is 7.62. The first-order chi connectivity index (χ1) is 21.5. The first kappa shape index (κ1) is 34.0. The maximum absolute atomic E-state index is 14.6. The lowest BCUT2D eigenvalue weighted by molar-refractivity contribution is -0.140. The van der Waals surface area contributed by atoms with E-state index in [0.29, 0.717) is 6.42 Å². The molecule has 0 saturated heterocycles. The van der Waals surface area contributed by atoms with Crippen LogP contribution >= 0.6 is 23.2 Å². The molecule has 1 N–H and O–H groups in total. The van der Waals surface area contributed by atoms with E-state index in [2.05, 4.69) is 5.32 Å². The van der Waals surface area contributed by atoms with Crippen molar-refractivity contribution in [2.24, 2.45) is 0 Å². The van der Waals surface area contributed by atoms with Gasteiger partial charge in [0.15, 0.2) is 0 Å². The highest BCUT2D eigenvalue weighted by atomic mass is 35.5. The summed E-state index contributed by atoms with van der Waals surface area (Å²) in [7, 11) is -4.26. The minimum Gasteiger partial charge on any atom is -0.352 e. The van der Waals surface area contributed by atoms with E-state index < -0.39 is 28.5 Å². The topological polar surface area (TPSA) is 86.8 Å². The standard InChI is InChI=1S/C35H37Cl2N3O4S/c1-4-26(3)38-35(42)33(19-27-14-7-5-8-15-27)39(23-28-16-12-11-13-25(28)2)34(41)24-40(31-21-29(36)20-30(37)22-31)45(43,44)32-17-9-6-10-18-32/h5-18,20-22,26,33H,4,19,23-24H2,1-3H3,(H,38,42)/t26-,33+/m0/s1. The van der Waals surface area contributed by atoms with Gasteiger partial charge in [-0.25, -0.2) is 8.42 Å². The second-order valence-electron chi connectivity index (χ2n) is 10.9. The smallest absolute Gasteiger partial charge is 0.264 e. The lowest BCUT2D eigenvalue weighted by Gasteiger charge is -2.34. The van der Waals surface area contributed by atoms with Crippen LogP contribution in [0.2, 0.25) is 10.0 Å². The van der Waals surface area contributed by atoms with Gasteiger partial charge in [-0.15, -0.1) is 0 Å². The fraction of sp³-hybridized carbons (Fsp3) is 0.257. The van der Waals surface area contributed by atoms with Crippen LogP contribution in [0, 0.1) is 6.92 Å². The third kappa shape index (κ3) is 8.87. The molecule has 0 saturated carbocycles. The molecule has 0 aliphatic carbocycles. The zero-order valence-corrected chi connectivity index (χ0v) is 27.8. The normalized spacial score (nSPS) is 12.6. The fourth-order valence-corrected chi connectivity index (χ4v) is 6.83. The van der Waals surface area contributed by atoms with Crippen LogP contribution in [-0.4, -0.2) is 43.8 Å². The lowest BCUT2D eigenvalue weighted by atomic mass is 10.0. The molecule has 0 aliphatic heterocycles. The molecule has 4 aromatic carbocycles. The van der Waals surface area contributed by atoms with Crippen LogP contribution in [0.15, 0.2) is 108 Å². The van der Waals surface area contributed by atoms with Gasteiger partial charge in [0.25, 0.3) is 10.0 Å². The Morgan fingerprint density at radius 1 is 0.844 bits per heavy atom. The first-order valence-electron chi connectivity index (χ1n) is 14.7. The number of rotatable bonds is 13. The zero-order valence-electron chi connectivity index (χ0n) is 25.5. The summed E-state index contributed by atoms with van der Waals surface area (Å²) in [5, 5.41) is 3.47. The molecule has 2 atom stereocenters. The second kappa shape index (κ2) is 15.4. The summed E-state index contributed by atoms with van der Waals surface area (Å²) in [5.41, 5.74) is 2.76. The number of hydrogen-bond donors (Lipinski definition) is 1. The summed E-state index contributed by atoms with van der Waals surface area (Å²) < 4.78 is 29.2. The molecule has 0 radical (unpaired) electrons. The number of anilines is 1. The number of benzene rings is 4. The van der Waals surface area contributed by atoms with Crippen molar-refractivity contribution in [2.75, 3.05) is 10.8 Å². The number of amides is 2. The number of nitrogens with one attached hydrogen (secondary N) is 1. The van der Waals surface area contributed by atoms with Crippen molar-refractivity contribution >= 4 is 50.7 Å². The maximum Gasteiger partial charge on any atom is 0.264 e. The number of nitrogens with zero attached hydrogens (tertiary/aromatic N) is 2. The quantitative estimate of drug-likeness (QED) is 0.166. The average Bonchev–Trinajstić information content (AvgIpc) is 3.02. The molecule has 7 nitrogen and oxygen atoms in total. The number of sulfonamides is 1. The molecule has 236 valence electrons. The number of halogens is 2. The molecule has 0 unspecified atom stereocenters. The van der Waals surface area contributed by atoms with E-state index in [1.807, 2.05) is 75.4 Å². The zero-order chi connectivity index (χ0) is 32.6.